The van der Waals surface area contributed by atoms with E-state index >= 15 is 0 Å². The van der Waals surface area contributed by atoms with Crippen LogP contribution in [0.3, 0.4) is 0 Å². The van der Waals surface area contributed by atoms with Crippen molar-refractivity contribution in [2.45, 2.75) is 19.9 Å². The molecular formula is C13H18ClNO. The van der Waals surface area contributed by atoms with Crippen molar-refractivity contribution in [1.29, 1.82) is 0 Å². The number of ether oxygens (including phenoxy) is 1. The lowest BCUT2D eigenvalue weighted by Crippen LogP contribution is -2.15. The van der Waals surface area contributed by atoms with E-state index < -0.39 is 0 Å². The largest absolute Gasteiger partial charge is 0.489 e. The fourth-order valence-electron chi connectivity index (χ4n) is 1.38. The van der Waals surface area contributed by atoms with E-state index in [9.17, 15) is 0 Å². The van der Waals surface area contributed by atoms with E-state index in [-0.39, 0.29) is 0 Å². The van der Waals surface area contributed by atoms with E-state index in [2.05, 4.69) is 18.8 Å². The zero-order valence-corrected chi connectivity index (χ0v) is 10.4. The first-order valence-corrected chi connectivity index (χ1v) is 5.89. The van der Waals surface area contributed by atoms with Gasteiger partial charge in [0.15, 0.2) is 0 Å². The van der Waals surface area contributed by atoms with Gasteiger partial charge in [-0.25, -0.2) is 0 Å². The molecule has 0 fully saturated rings. The molecule has 0 amide bonds. The second kappa shape index (κ2) is 7.31. The van der Waals surface area contributed by atoms with Gasteiger partial charge in [0.05, 0.1) is 0 Å². The highest BCUT2D eigenvalue weighted by Crippen LogP contribution is 2.26. The van der Waals surface area contributed by atoms with Crippen LogP contribution in [-0.4, -0.2) is 13.2 Å². The number of hydrogen-bond donors (Lipinski definition) is 1. The molecule has 0 saturated heterocycles. The average molecular weight is 240 g/mol. The molecule has 1 aromatic carbocycles. The van der Waals surface area contributed by atoms with E-state index in [1.807, 2.05) is 18.2 Å². The van der Waals surface area contributed by atoms with Gasteiger partial charge in [0.25, 0.3) is 0 Å². The van der Waals surface area contributed by atoms with Crippen LogP contribution in [0.4, 0.5) is 0 Å². The number of hydrogen-bond acceptors (Lipinski definition) is 2. The molecule has 0 aliphatic heterocycles. The molecule has 0 saturated carbocycles. The molecule has 1 N–H and O–H groups in total. The topological polar surface area (TPSA) is 21.3 Å². The highest BCUT2D eigenvalue weighted by molar-refractivity contribution is 6.31. The molecule has 0 aliphatic carbocycles. The normalized spacial score (nSPS) is 10.1. The Morgan fingerprint density at radius 3 is 3.00 bits per heavy atom. The molecular weight excluding hydrogens is 222 g/mol. The Labute approximate surface area is 102 Å². The van der Waals surface area contributed by atoms with Crippen molar-refractivity contribution in [1.82, 2.24) is 5.32 Å². The Balaban J connectivity index is 2.72. The van der Waals surface area contributed by atoms with Crippen LogP contribution in [0.1, 0.15) is 18.9 Å². The predicted molar refractivity (Wildman–Crippen MR) is 69.1 cm³/mol. The maximum absolute atomic E-state index is 6.14. The van der Waals surface area contributed by atoms with E-state index in [0.717, 1.165) is 35.8 Å². The second-order valence-electron chi connectivity index (χ2n) is 3.49. The molecule has 0 radical (unpaired) electrons. The van der Waals surface area contributed by atoms with Crippen molar-refractivity contribution in [3.8, 4) is 5.75 Å². The minimum absolute atomic E-state index is 0.501. The zero-order chi connectivity index (χ0) is 11.8. The van der Waals surface area contributed by atoms with Crippen LogP contribution in [0, 0.1) is 0 Å². The minimum Gasteiger partial charge on any atom is -0.489 e. The molecule has 0 aliphatic rings. The Hall–Kier alpha value is -0.990. The van der Waals surface area contributed by atoms with Crippen LogP contribution in [0.25, 0.3) is 0 Å². The summed E-state index contributed by atoms with van der Waals surface area (Å²) in [5, 5.41) is 4.06. The molecule has 0 aromatic heterocycles. The van der Waals surface area contributed by atoms with Gasteiger partial charge in [-0.2, -0.15) is 0 Å². The standard InChI is InChI=1S/C13H18ClNO/c1-3-8-15-10-11-12(14)6-5-7-13(11)16-9-4-2/h4-7,15H,2-3,8-10H2,1H3. The van der Waals surface area contributed by atoms with Gasteiger partial charge in [0.1, 0.15) is 12.4 Å². The molecule has 0 heterocycles. The van der Waals surface area contributed by atoms with Gasteiger partial charge in [-0.1, -0.05) is 37.2 Å². The first kappa shape index (κ1) is 13.1. The highest BCUT2D eigenvalue weighted by Gasteiger charge is 2.06. The molecule has 3 heteroatoms. The van der Waals surface area contributed by atoms with Gasteiger partial charge in [-0.15, -0.1) is 0 Å². The third-order valence-electron chi connectivity index (χ3n) is 2.16. The maximum atomic E-state index is 6.14. The summed E-state index contributed by atoms with van der Waals surface area (Å²) >= 11 is 6.14. The molecule has 1 aromatic rings. The van der Waals surface area contributed by atoms with Crippen molar-refractivity contribution >= 4 is 11.6 Å². The average Bonchev–Trinajstić information content (AvgIpc) is 2.29. The summed E-state index contributed by atoms with van der Waals surface area (Å²) in [7, 11) is 0. The van der Waals surface area contributed by atoms with Crippen molar-refractivity contribution in [3.05, 3.63) is 41.4 Å². The van der Waals surface area contributed by atoms with Gasteiger partial charge in [0.2, 0.25) is 0 Å². The summed E-state index contributed by atoms with van der Waals surface area (Å²) in [6, 6.07) is 5.70. The number of halogens is 1. The third-order valence-corrected chi connectivity index (χ3v) is 2.52. The Morgan fingerprint density at radius 2 is 2.31 bits per heavy atom. The molecule has 2 nitrogen and oxygen atoms in total. The van der Waals surface area contributed by atoms with Crippen LogP contribution in [0.5, 0.6) is 5.75 Å². The van der Waals surface area contributed by atoms with Crippen LogP contribution in [-0.2, 0) is 6.54 Å². The lowest BCUT2D eigenvalue weighted by atomic mass is 10.2. The molecule has 0 atom stereocenters. The number of nitrogens with one attached hydrogen (secondary N) is 1. The minimum atomic E-state index is 0.501. The Bertz CT molecular complexity index is 339. The zero-order valence-electron chi connectivity index (χ0n) is 9.63. The van der Waals surface area contributed by atoms with Crippen molar-refractivity contribution in [2.75, 3.05) is 13.2 Å². The summed E-state index contributed by atoms with van der Waals surface area (Å²) in [6.07, 6.45) is 2.83. The molecule has 16 heavy (non-hydrogen) atoms. The molecule has 0 unspecified atom stereocenters. The monoisotopic (exact) mass is 239 g/mol. The van der Waals surface area contributed by atoms with Gasteiger partial charge in [-0.05, 0) is 25.1 Å². The summed E-state index contributed by atoms with van der Waals surface area (Å²) in [5.41, 5.74) is 1.01. The molecule has 0 bridgehead atoms. The predicted octanol–water partition coefficient (Wildman–Crippen LogP) is 3.40. The Morgan fingerprint density at radius 1 is 1.50 bits per heavy atom. The summed E-state index contributed by atoms with van der Waals surface area (Å²) in [5.74, 6) is 0.830. The quantitative estimate of drug-likeness (QED) is 0.582. The van der Waals surface area contributed by atoms with Crippen LogP contribution in [0.2, 0.25) is 5.02 Å². The van der Waals surface area contributed by atoms with E-state index in [4.69, 9.17) is 16.3 Å². The number of benzene rings is 1. The summed E-state index contributed by atoms with van der Waals surface area (Å²) < 4.78 is 5.56. The SMILES string of the molecule is C=CCOc1cccc(Cl)c1CNCCC. The van der Waals surface area contributed by atoms with Crippen molar-refractivity contribution < 1.29 is 4.74 Å². The van der Waals surface area contributed by atoms with Gasteiger partial charge < -0.3 is 10.1 Å². The third kappa shape index (κ3) is 3.87. The van der Waals surface area contributed by atoms with Crippen molar-refractivity contribution in [2.24, 2.45) is 0 Å². The molecule has 0 spiro atoms. The maximum Gasteiger partial charge on any atom is 0.125 e. The van der Waals surface area contributed by atoms with Crippen LogP contribution >= 0.6 is 11.6 Å². The van der Waals surface area contributed by atoms with Gasteiger partial charge >= 0.3 is 0 Å². The fourth-order valence-corrected chi connectivity index (χ4v) is 1.62. The van der Waals surface area contributed by atoms with Gasteiger partial charge in [0, 0.05) is 17.1 Å². The summed E-state index contributed by atoms with van der Waals surface area (Å²) in [6.45, 7) is 7.98. The molecule has 1 rings (SSSR count). The first-order chi connectivity index (χ1) is 7.79. The van der Waals surface area contributed by atoms with Crippen LogP contribution in [0.15, 0.2) is 30.9 Å². The summed E-state index contributed by atoms with van der Waals surface area (Å²) in [4.78, 5) is 0. The van der Waals surface area contributed by atoms with Gasteiger partial charge in [-0.3, -0.25) is 0 Å². The fraction of sp³-hybridized carbons (Fsp3) is 0.385. The lowest BCUT2D eigenvalue weighted by molar-refractivity contribution is 0.358. The van der Waals surface area contributed by atoms with Crippen LogP contribution < -0.4 is 10.1 Å². The highest BCUT2D eigenvalue weighted by atomic mass is 35.5. The lowest BCUT2D eigenvalue weighted by Gasteiger charge is -2.12. The van der Waals surface area contributed by atoms with E-state index in [0.29, 0.717) is 6.61 Å². The van der Waals surface area contributed by atoms with E-state index in [1.165, 1.54) is 0 Å². The first-order valence-electron chi connectivity index (χ1n) is 5.51. The van der Waals surface area contributed by atoms with Crippen molar-refractivity contribution in [3.63, 3.8) is 0 Å². The second-order valence-corrected chi connectivity index (χ2v) is 3.90. The number of rotatable bonds is 7. The van der Waals surface area contributed by atoms with E-state index in [1.54, 1.807) is 6.08 Å². The Kier molecular flexibility index (Phi) is 5.98. The molecule has 88 valence electrons. The smallest absolute Gasteiger partial charge is 0.125 e.